The van der Waals surface area contributed by atoms with Crippen molar-refractivity contribution in [2.75, 3.05) is 0 Å². The van der Waals surface area contributed by atoms with Crippen LogP contribution in [0, 0.1) is 0 Å². The molecule has 0 radical (unpaired) electrons. The van der Waals surface area contributed by atoms with Gasteiger partial charge in [0.05, 0.1) is 0 Å². The number of aryl methyl sites for hydroxylation is 1. The number of fused-ring (bicyclic) bond motifs is 1. The van der Waals surface area contributed by atoms with E-state index in [1.54, 1.807) is 19.1 Å². The molecule has 0 fully saturated rings. The second-order valence-corrected chi connectivity index (χ2v) is 5.71. The van der Waals surface area contributed by atoms with Crippen LogP contribution < -0.4 is 4.74 Å². The Labute approximate surface area is 136 Å². The van der Waals surface area contributed by atoms with Gasteiger partial charge in [-0.3, -0.25) is 4.79 Å². The number of carbonyl (C=O) groups excluding carboxylic acids is 1. The van der Waals surface area contributed by atoms with E-state index in [1.807, 2.05) is 13.0 Å². The number of rotatable bonds is 4. The highest BCUT2D eigenvalue weighted by molar-refractivity contribution is 5.69. The molecule has 124 valence electrons. The first-order chi connectivity index (χ1) is 11.0. The van der Waals surface area contributed by atoms with Gasteiger partial charge >= 0.3 is 5.97 Å². The van der Waals surface area contributed by atoms with Crippen molar-refractivity contribution in [3.05, 3.63) is 52.4 Å². The van der Waals surface area contributed by atoms with Crippen LogP contribution in [0.4, 0.5) is 4.39 Å². The van der Waals surface area contributed by atoms with E-state index < -0.39 is 12.1 Å². The molecule has 0 aromatic heterocycles. The van der Waals surface area contributed by atoms with Gasteiger partial charge in [0.25, 0.3) is 0 Å². The normalized spacial score (nSPS) is 18.5. The number of aliphatic hydroxyl groups excluding tert-OH is 1. The van der Waals surface area contributed by atoms with Crippen LogP contribution in [0.3, 0.4) is 0 Å². The molecular weight excluding hydrogens is 295 g/mol. The van der Waals surface area contributed by atoms with Crippen molar-refractivity contribution in [3.8, 4) is 5.75 Å². The van der Waals surface area contributed by atoms with Gasteiger partial charge in [-0.15, -0.1) is 0 Å². The van der Waals surface area contributed by atoms with Crippen molar-refractivity contribution in [3.63, 3.8) is 0 Å². The summed E-state index contributed by atoms with van der Waals surface area (Å²) in [6, 6.07) is 5.27. The Balaban J connectivity index is 2.49. The number of ether oxygens (including phenoxy) is 1. The monoisotopic (exact) mass is 318 g/mol. The molecule has 1 aromatic rings. The number of esters is 1. The van der Waals surface area contributed by atoms with Crippen LogP contribution in [0.1, 0.15) is 57.3 Å². The molecule has 2 rings (SSSR count). The van der Waals surface area contributed by atoms with Gasteiger partial charge in [0.2, 0.25) is 0 Å². The van der Waals surface area contributed by atoms with E-state index in [2.05, 4.69) is 0 Å². The van der Waals surface area contributed by atoms with Crippen molar-refractivity contribution in [2.24, 2.45) is 0 Å². The van der Waals surface area contributed by atoms with E-state index in [0.29, 0.717) is 23.3 Å². The number of allylic oxidation sites excluding steroid dienone is 2. The molecule has 0 saturated carbocycles. The number of benzene rings is 1. The van der Waals surface area contributed by atoms with Crippen LogP contribution in [-0.2, 0) is 11.2 Å². The van der Waals surface area contributed by atoms with Crippen molar-refractivity contribution >= 4 is 5.97 Å². The standard InChI is InChI=1S/C19H23FO3/c1-4-13-6-7-14-8-9-16(23-12(3)21)11-18(14)19(22)17(13)10-15(20)5-2/h8-11,19,22H,4-7H2,1-3H3/b15-10+. The number of halogens is 1. The van der Waals surface area contributed by atoms with Gasteiger partial charge in [0, 0.05) is 6.92 Å². The summed E-state index contributed by atoms with van der Waals surface area (Å²) in [7, 11) is 0. The maximum atomic E-state index is 13.8. The molecule has 4 heteroatoms. The number of hydrogen-bond donors (Lipinski definition) is 1. The van der Waals surface area contributed by atoms with E-state index in [-0.39, 0.29) is 5.83 Å². The van der Waals surface area contributed by atoms with E-state index in [1.165, 1.54) is 13.0 Å². The molecule has 1 aromatic carbocycles. The second-order valence-electron chi connectivity index (χ2n) is 5.71. The first-order valence-electron chi connectivity index (χ1n) is 8.03. The van der Waals surface area contributed by atoms with Crippen LogP contribution in [0.2, 0.25) is 0 Å². The number of aliphatic hydroxyl groups is 1. The average Bonchev–Trinajstić information content (AvgIpc) is 2.65. The van der Waals surface area contributed by atoms with Crippen molar-refractivity contribution < 1.29 is 19.0 Å². The van der Waals surface area contributed by atoms with Crippen molar-refractivity contribution in [2.45, 2.75) is 52.6 Å². The van der Waals surface area contributed by atoms with Crippen LogP contribution in [0.15, 0.2) is 41.2 Å². The predicted octanol–water partition coefficient (Wildman–Crippen LogP) is 4.56. The fourth-order valence-electron chi connectivity index (χ4n) is 2.91. The van der Waals surface area contributed by atoms with Crippen LogP contribution >= 0.6 is 0 Å². The maximum absolute atomic E-state index is 13.8. The molecule has 1 atom stereocenters. The molecule has 1 aliphatic carbocycles. The largest absolute Gasteiger partial charge is 0.427 e. The molecule has 0 spiro atoms. The highest BCUT2D eigenvalue weighted by Gasteiger charge is 2.23. The second kappa shape index (κ2) is 7.55. The zero-order chi connectivity index (χ0) is 17.0. The average molecular weight is 318 g/mol. The SMILES string of the molecule is CCC1=C(/C=C(/F)CC)C(O)c2cc(OC(C)=O)ccc2CC1. The third-order valence-corrected chi connectivity index (χ3v) is 4.15. The highest BCUT2D eigenvalue weighted by atomic mass is 19.1. The van der Waals surface area contributed by atoms with Gasteiger partial charge in [0.1, 0.15) is 17.7 Å². The number of carbonyl (C=O) groups is 1. The minimum atomic E-state index is -0.907. The lowest BCUT2D eigenvalue weighted by Gasteiger charge is -2.17. The Bertz CT molecular complexity index is 659. The first-order valence-corrected chi connectivity index (χ1v) is 8.03. The summed E-state index contributed by atoms with van der Waals surface area (Å²) in [6.07, 6.45) is 3.18. The van der Waals surface area contributed by atoms with E-state index in [0.717, 1.165) is 30.4 Å². The molecule has 0 bridgehead atoms. The zero-order valence-corrected chi connectivity index (χ0v) is 13.9. The molecule has 1 N–H and O–H groups in total. The van der Waals surface area contributed by atoms with Gasteiger partial charge in [-0.2, -0.15) is 0 Å². The van der Waals surface area contributed by atoms with Crippen LogP contribution in [-0.4, -0.2) is 11.1 Å². The molecule has 1 unspecified atom stereocenters. The Morgan fingerprint density at radius 3 is 2.74 bits per heavy atom. The molecule has 0 saturated heterocycles. The Hall–Kier alpha value is -1.94. The summed E-state index contributed by atoms with van der Waals surface area (Å²) in [5.74, 6) is -0.255. The third-order valence-electron chi connectivity index (χ3n) is 4.15. The lowest BCUT2D eigenvalue weighted by atomic mass is 9.95. The minimum absolute atomic E-state index is 0.246. The molecule has 3 nitrogen and oxygen atoms in total. The highest BCUT2D eigenvalue weighted by Crippen LogP contribution is 2.37. The molecule has 0 aliphatic heterocycles. The minimum Gasteiger partial charge on any atom is -0.427 e. The summed E-state index contributed by atoms with van der Waals surface area (Å²) in [5, 5.41) is 10.8. The Morgan fingerprint density at radius 2 is 2.13 bits per heavy atom. The quantitative estimate of drug-likeness (QED) is 0.654. The molecule has 1 aliphatic rings. The molecular formula is C19H23FO3. The first kappa shape index (κ1) is 17.4. The lowest BCUT2D eigenvalue weighted by molar-refractivity contribution is -0.131. The van der Waals surface area contributed by atoms with Crippen LogP contribution in [0.5, 0.6) is 5.75 Å². The van der Waals surface area contributed by atoms with E-state index in [9.17, 15) is 14.3 Å². The van der Waals surface area contributed by atoms with Gasteiger partial charge in [0.15, 0.2) is 0 Å². The van der Waals surface area contributed by atoms with Crippen LogP contribution in [0.25, 0.3) is 0 Å². The Kier molecular flexibility index (Phi) is 5.72. The van der Waals surface area contributed by atoms with E-state index in [4.69, 9.17) is 4.74 Å². The Morgan fingerprint density at radius 1 is 1.39 bits per heavy atom. The molecule has 0 heterocycles. The van der Waals surface area contributed by atoms with Gasteiger partial charge in [-0.1, -0.05) is 25.5 Å². The maximum Gasteiger partial charge on any atom is 0.308 e. The van der Waals surface area contributed by atoms with Crippen molar-refractivity contribution in [1.82, 2.24) is 0 Å². The zero-order valence-electron chi connectivity index (χ0n) is 13.9. The fraction of sp³-hybridized carbons (Fsp3) is 0.421. The topological polar surface area (TPSA) is 46.5 Å². The summed E-state index contributed by atoms with van der Waals surface area (Å²) >= 11 is 0. The fourth-order valence-corrected chi connectivity index (χ4v) is 2.91. The number of hydrogen-bond acceptors (Lipinski definition) is 3. The van der Waals surface area contributed by atoms with Crippen molar-refractivity contribution in [1.29, 1.82) is 0 Å². The van der Waals surface area contributed by atoms with Gasteiger partial charge in [-0.05, 0) is 60.6 Å². The van der Waals surface area contributed by atoms with Gasteiger partial charge in [-0.25, -0.2) is 4.39 Å². The predicted molar refractivity (Wildman–Crippen MR) is 87.8 cm³/mol. The van der Waals surface area contributed by atoms with Gasteiger partial charge < -0.3 is 9.84 Å². The summed E-state index contributed by atoms with van der Waals surface area (Å²) in [5.41, 5.74) is 3.37. The third kappa shape index (κ3) is 4.08. The summed E-state index contributed by atoms with van der Waals surface area (Å²) < 4.78 is 18.9. The molecule has 0 amide bonds. The summed E-state index contributed by atoms with van der Waals surface area (Å²) in [4.78, 5) is 11.1. The van der Waals surface area contributed by atoms with E-state index >= 15 is 0 Å². The summed E-state index contributed by atoms with van der Waals surface area (Å²) in [6.45, 7) is 5.09. The lowest BCUT2D eigenvalue weighted by Crippen LogP contribution is -2.06. The molecule has 23 heavy (non-hydrogen) atoms. The smallest absolute Gasteiger partial charge is 0.308 e.